The van der Waals surface area contributed by atoms with Crippen LogP contribution in [-0.4, -0.2) is 30.5 Å². The molecule has 140 valence electrons. The van der Waals surface area contributed by atoms with Gasteiger partial charge in [0, 0.05) is 42.5 Å². The zero-order valence-electron chi connectivity index (χ0n) is 14.6. The molecule has 0 unspecified atom stereocenters. The van der Waals surface area contributed by atoms with Crippen molar-refractivity contribution in [2.24, 2.45) is 0 Å². The fourth-order valence-electron chi connectivity index (χ4n) is 2.84. The third kappa shape index (κ3) is 4.14. The number of ether oxygens (including phenoxy) is 1. The van der Waals surface area contributed by atoms with Crippen molar-refractivity contribution in [3.05, 3.63) is 52.6 Å². The number of carbonyl (C=O) groups excluding carboxylic acids is 2. The van der Waals surface area contributed by atoms with Crippen LogP contribution in [0.5, 0.6) is 5.75 Å². The molecule has 0 spiro atoms. The molecule has 1 heterocycles. The Bertz CT molecular complexity index is 882. The summed E-state index contributed by atoms with van der Waals surface area (Å²) in [5, 5.41) is 15.9. The topological polar surface area (TPSA) is 114 Å². The Hall–Kier alpha value is -3.62. The number of amides is 3. The van der Waals surface area contributed by atoms with Gasteiger partial charge < -0.3 is 20.3 Å². The van der Waals surface area contributed by atoms with Gasteiger partial charge in [-0.25, -0.2) is 4.79 Å². The summed E-state index contributed by atoms with van der Waals surface area (Å²) in [7, 11) is 1.50. The summed E-state index contributed by atoms with van der Waals surface area (Å²) >= 11 is 0. The molecule has 27 heavy (non-hydrogen) atoms. The molecule has 2 aromatic carbocycles. The maximum atomic E-state index is 12.1. The molecule has 1 aliphatic heterocycles. The fraction of sp³-hybridized carbons (Fsp3) is 0.222. The van der Waals surface area contributed by atoms with E-state index in [0.29, 0.717) is 35.8 Å². The van der Waals surface area contributed by atoms with Crippen LogP contribution in [-0.2, 0) is 4.79 Å². The minimum absolute atomic E-state index is 0.0462. The van der Waals surface area contributed by atoms with Crippen molar-refractivity contribution in [3.8, 4) is 5.75 Å². The molecule has 0 aromatic heterocycles. The number of methoxy groups -OCH3 is 1. The molecule has 3 amide bonds. The Morgan fingerprint density at radius 3 is 2.41 bits per heavy atom. The number of hydrogen-bond donors (Lipinski definition) is 2. The van der Waals surface area contributed by atoms with Crippen LogP contribution in [0.25, 0.3) is 0 Å². The highest BCUT2D eigenvalue weighted by atomic mass is 16.6. The summed E-state index contributed by atoms with van der Waals surface area (Å²) in [5.41, 5.74) is 1.52. The molecule has 0 bridgehead atoms. The van der Waals surface area contributed by atoms with Gasteiger partial charge in [-0.15, -0.1) is 0 Å². The van der Waals surface area contributed by atoms with E-state index in [1.807, 2.05) is 0 Å². The number of nitrogens with one attached hydrogen (secondary N) is 2. The van der Waals surface area contributed by atoms with Gasteiger partial charge in [0.2, 0.25) is 5.91 Å². The van der Waals surface area contributed by atoms with Crippen LogP contribution in [0.2, 0.25) is 0 Å². The van der Waals surface area contributed by atoms with Crippen LogP contribution in [0.1, 0.15) is 12.8 Å². The van der Waals surface area contributed by atoms with Crippen molar-refractivity contribution >= 4 is 34.7 Å². The molecule has 1 aliphatic rings. The molecule has 0 radical (unpaired) electrons. The highest BCUT2D eigenvalue weighted by Crippen LogP contribution is 2.33. The van der Waals surface area contributed by atoms with Gasteiger partial charge in [0.25, 0.3) is 5.69 Å². The summed E-state index contributed by atoms with van der Waals surface area (Å²) in [5.74, 6) is 0.531. The third-order valence-electron chi connectivity index (χ3n) is 4.14. The van der Waals surface area contributed by atoms with E-state index in [1.165, 1.54) is 31.4 Å². The number of nitro groups is 1. The molecule has 9 heteroatoms. The summed E-state index contributed by atoms with van der Waals surface area (Å²) in [6.07, 6.45) is 1.32. The van der Waals surface area contributed by atoms with Crippen molar-refractivity contribution in [2.75, 3.05) is 29.2 Å². The summed E-state index contributed by atoms with van der Waals surface area (Å²) < 4.78 is 5.35. The highest BCUT2D eigenvalue weighted by molar-refractivity contribution is 6.01. The first-order valence-corrected chi connectivity index (χ1v) is 8.29. The molecule has 3 rings (SSSR count). The second-order valence-corrected chi connectivity index (χ2v) is 5.92. The second kappa shape index (κ2) is 7.73. The zero-order chi connectivity index (χ0) is 19.4. The SMILES string of the molecule is COc1cc(NC(=O)Nc2ccc([N+](=O)[O-])cc2)ccc1N1CCCC1=O. The van der Waals surface area contributed by atoms with Gasteiger partial charge in [0.05, 0.1) is 17.7 Å². The molecule has 0 aliphatic carbocycles. The lowest BCUT2D eigenvalue weighted by Gasteiger charge is -2.19. The van der Waals surface area contributed by atoms with E-state index in [-0.39, 0.29) is 11.6 Å². The smallest absolute Gasteiger partial charge is 0.323 e. The molecular formula is C18H18N4O5. The molecule has 2 aromatic rings. The minimum Gasteiger partial charge on any atom is -0.494 e. The summed E-state index contributed by atoms with van der Waals surface area (Å²) in [6, 6.07) is 10.0. The Morgan fingerprint density at radius 1 is 1.15 bits per heavy atom. The van der Waals surface area contributed by atoms with Gasteiger partial charge in [-0.1, -0.05) is 0 Å². The lowest BCUT2D eigenvalue weighted by Crippen LogP contribution is -2.24. The lowest BCUT2D eigenvalue weighted by atomic mass is 10.2. The Balaban J connectivity index is 1.68. The molecule has 1 saturated heterocycles. The summed E-state index contributed by atoms with van der Waals surface area (Å²) in [6.45, 7) is 0.641. The van der Waals surface area contributed by atoms with E-state index in [9.17, 15) is 19.7 Å². The molecule has 9 nitrogen and oxygen atoms in total. The lowest BCUT2D eigenvalue weighted by molar-refractivity contribution is -0.384. The van der Waals surface area contributed by atoms with Crippen molar-refractivity contribution in [2.45, 2.75) is 12.8 Å². The maximum absolute atomic E-state index is 12.1. The van der Waals surface area contributed by atoms with Crippen LogP contribution in [0.4, 0.5) is 27.5 Å². The van der Waals surface area contributed by atoms with Crippen LogP contribution in [0, 0.1) is 10.1 Å². The predicted octanol–water partition coefficient (Wildman–Crippen LogP) is 3.37. The number of nitrogens with zero attached hydrogens (tertiary/aromatic N) is 2. The van der Waals surface area contributed by atoms with Crippen molar-refractivity contribution in [1.82, 2.24) is 0 Å². The Morgan fingerprint density at radius 2 is 1.81 bits per heavy atom. The normalized spacial score (nSPS) is 13.4. The first-order valence-electron chi connectivity index (χ1n) is 8.29. The monoisotopic (exact) mass is 370 g/mol. The third-order valence-corrected chi connectivity index (χ3v) is 4.14. The van der Waals surface area contributed by atoms with Gasteiger partial charge in [-0.2, -0.15) is 0 Å². The van der Waals surface area contributed by atoms with Crippen LogP contribution in [0.3, 0.4) is 0 Å². The number of carbonyl (C=O) groups is 2. The van der Waals surface area contributed by atoms with Crippen molar-refractivity contribution in [1.29, 1.82) is 0 Å². The quantitative estimate of drug-likeness (QED) is 0.619. The number of benzene rings is 2. The van der Waals surface area contributed by atoms with Gasteiger partial charge in [-0.3, -0.25) is 14.9 Å². The molecule has 1 fully saturated rings. The number of rotatable bonds is 5. The first kappa shape index (κ1) is 18.2. The number of urea groups is 1. The second-order valence-electron chi connectivity index (χ2n) is 5.92. The van der Waals surface area contributed by atoms with Crippen LogP contribution in [0.15, 0.2) is 42.5 Å². The number of non-ortho nitro benzene ring substituents is 1. The maximum Gasteiger partial charge on any atom is 0.323 e. The fourth-order valence-corrected chi connectivity index (χ4v) is 2.84. The average molecular weight is 370 g/mol. The van der Waals surface area contributed by atoms with E-state index in [1.54, 1.807) is 23.1 Å². The molecule has 0 saturated carbocycles. The molecule has 0 atom stereocenters. The number of anilines is 3. The van der Waals surface area contributed by atoms with Gasteiger partial charge >= 0.3 is 6.03 Å². The van der Waals surface area contributed by atoms with Crippen LogP contribution >= 0.6 is 0 Å². The highest BCUT2D eigenvalue weighted by Gasteiger charge is 2.24. The van der Waals surface area contributed by atoms with Crippen molar-refractivity contribution in [3.63, 3.8) is 0 Å². The standard InChI is InChI=1S/C18H18N4O5/c1-27-16-11-13(6-9-15(16)21-10-2-3-17(21)23)20-18(24)19-12-4-7-14(8-5-12)22(25)26/h4-9,11H,2-3,10H2,1H3,(H2,19,20,24). The van der Waals surface area contributed by atoms with Crippen LogP contribution < -0.4 is 20.3 Å². The largest absolute Gasteiger partial charge is 0.494 e. The summed E-state index contributed by atoms with van der Waals surface area (Å²) in [4.78, 5) is 35.9. The number of hydrogen-bond acceptors (Lipinski definition) is 5. The van der Waals surface area contributed by atoms with Crippen molar-refractivity contribution < 1.29 is 19.2 Å². The van der Waals surface area contributed by atoms with E-state index in [4.69, 9.17) is 4.74 Å². The first-order chi connectivity index (χ1) is 13.0. The van der Waals surface area contributed by atoms with E-state index < -0.39 is 11.0 Å². The van der Waals surface area contributed by atoms with Gasteiger partial charge in [0.15, 0.2) is 0 Å². The van der Waals surface area contributed by atoms with Gasteiger partial charge in [-0.05, 0) is 30.7 Å². The zero-order valence-corrected chi connectivity index (χ0v) is 14.6. The number of nitro benzene ring substituents is 1. The van der Waals surface area contributed by atoms with Gasteiger partial charge in [0.1, 0.15) is 5.75 Å². The average Bonchev–Trinajstić information content (AvgIpc) is 3.07. The van der Waals surface area contributed by atoms with E-state index in [0.717, 1.165) is 6.42 Å². The molecular weight excluding hydrogens is 352 g/mol. The minimum atomic E-state index is -0.511. The predicted molar refractivity (Wildman–Crippen MR) is 100 cm³/mol. The molecule has 2 N–H and O–H groups in total. The Labute approximate surface area is 155 Å². The van der Waals surface area contributed by atoms with E-state index in [2.05, 4.69) is 10.6 Å². The Kier molecular flexibility index (Phi) is 5.20. The van der Waals surface area contributed by atoms with E-state index >= 15 is 0 Å².